The van der Waals surface area contributed by atoms with Gasteiger partial charge in [0.05, 0.1) is 5.69 Å². The molecule has 0 bridgehead atoms. The molecule has 0 saturated heterocycles. The van der Waals surface area contributed by atoms with Gasteiger partial charge >= 0.3 is 0 Å². The van der Waals surface area contributed by atoms with Crippen LogP contribution >= 0.6 is 0 Å². The van der Waals surface area contributed by atoms with Crippen LogP contribution in [0.15, 0.2) is 48.9 Å². The molecule has 0 saturated carbocycles. The molecule has 4 nitrogen and oxygen atoms in total. The van der Waals surface area contributed by atoms with Crippen molar-refractivity contribution in [3.05, 3.63) is 65.7 Å². The second kappa shape index (κ2) is 5.84. The molecule has 20 heavy (non-hydrogen) atoms. The predicted molar refractivity (Wildman–Crippen MR) is 79.6 cm³/mol. The van der Waals surface area contributed by atoms with Gasteiger partial charge in [-0.25, -0.2) is 9.97 Å². The van der Waals surface area contributed by atoms with Crippen LogP contribution in [0.1, 0.15) is 16.8 Å². The fourth-order valence-corrected chi connectivity index (χ4v) is 2.31. The number of imidazole rings is 1. The third-order valence-corrected chi connectivity index (χ3v) is 3.36. The molecule has 0 amide bonds. The fourth-order valence-electron chi connectivity index (χ4n) is 2.31. The molecule has 0 aliphatic heterocycles. The van der Waals surface area contributed by atoms with E-state index in [4.69, 9.17) is 5.73 Å². The maximum Gasteiger partial charge on any atom is 0.233 e. The van der Waals surface area contributed by atoms with E-state index in [1.807, 2.05) is 22.9 Å². The van der Waals surface area contributed by atoms with E-state index >= 15 is 0 Å². The highest BCUT2D eigenvalue weighted by Crippen LogP contribution is 2.09. The van der Waals surface area contributed by atoms with Gasteiger partial charge in [0.2, 0.25) is 5.78 Å². The molecule has 0 unspecified atom stereocenters. The van der Waals surface area contributed by atoms with E-state index in [-0.39, 0.29) is 0 Å². The number of hydrogen-bond donors (Lipinski definition) is 1. The number of aromatic nitrogens is 3. The average Bonchev–Trinajstić information content (AvgIpc) is 2.88. The number of nitrogens with two attached hydrogens (primary N) is 1. The Morgan fingerprint density at radius 1 is 0.950 bits per heavy atom. The van der Waals surface area contributed by atoms with Gasteiger partial charge in [0.15, 0.2) is 0 Å². The summed E-state index contributed by atoms with van der Waals surface area (Å²) in [7, 11) is 0. The molecular formula is C16H18N4. The summed E-state index contributed by atoms with van der Waals surface area (Å²) in [6.07, 6.45) is 8.84. The van der Waals surface area contributed by atoms with Crippen molar-refractivity contribution in [2.24, 2.45) is 5.73 Å². The fraction of sp³-hybridized carbons (Fsp3) is 0.250. The first-order chi connectivity index (χ1) is 9.85. The van der Waals surface area contributed by atoms with E-state index in [0.717, 1.165) is 30.7 Å². The number of fused-ring (bicyclic) bond motifs is 1. The summed E-state index contributed by atoms with van der Waals surface area (Å²) < 4.78 is 1.99. The predicted octanol–water partition coefficient (Wildman–Crippen LogP) is 2.02. The largest absolute Gasteiger partial charge is 0.330 e. The van der Waals surface area contributed by atoms with Crippen molar-refractivity contribution in [1.29, 1.82) is 0 Å². The van der Waals surface area contributed by atoms with E-state index in [1.54, 1.807) is 0 Å². The molecule has 0 atom stereocenters. The Labute approximate surface area is 118 Å². The summed E-state index contributed by atoms with van der Waals surface area (Å²) in [5, 5.41) is 0. The number of aryl methyl sites for hydroxylation is 2. The minimum Gasteiger partial charge on any atom is -0.330 e. The van der Waals surface area contributed by atoms with E-state index < -0.39 is 0 Å². The van der Waals surface area contributed by atoms with Crippen LogP contribution in [-0.4, -0.2) is 20.9 Å². The van der Waals surface area contributed by atoms with Crippen molar-refractivity contribution in [3.8, 4) is 0 Å². The van der Waals surface area contributed by atoms with E-state index in [1.165, 1.54) is 11.1 Å². The molecule has 0 aliphatic rings. The highest BCUT2D eigenvalue weighted by Gasteiger charge is 2.03. The molecule has 2 heterocycles. The van der Waals surface area contributed by atoms with Crippen LogP contribution in [0.2, 0.25) is 0 Å². The molecule has 3 aromatic rings. The number of hydrogen-bond acceptors (Lipinski definition) is 3. The van der Waals surface area contributed by atoms with Crippen molar-refractivity contribution in [1.82, 2.24) is 14.4 Å². The van der Waals surface area contributed by atoms with Crippen molar-refractivity contribution in [3.63, 3.8) is 0 Å². The Morgan fingerprint density at radius 2 is 1.75 bits per heavy atom. The van der Waals surface area contributed by atoms with Gasteiger partial charge in [-0.1, -0.05) is 30.3 Å². The summed E-state index contributed by atoms with van der Waals surface area (Å²) in [5.74, 6) is 0.747. The Bertz CT molecular complexity index is 688. The van der Waals surface area contributed by atoms with Crippen LogP contribution in [0.5, 0.6) is 0 Å². The maximum absolute atomic E-state index is 5.55. The average molecular weight is 266 g/mol. The molecule has 2 N–H and O–H groups in total. The summed E-state index contributed by atoms with van der Waals surface area (Å²) in [4.78, 5) is 8.84. The van der Waals surface area contributed by atoms with E-state index in [0.29, 0.717) is 6.54 Å². The topological polar surface area (TPSA) is 56.2 Å². The van der Waals surface area contributed by atoms with Gasteiger partial charge in [-0.2, -0.15) is 0 Å². The highest BCUT2D eigenvalue weighted by atomic mass is 15.1. The van der Waals surface area contributed by atoms with Gasteiger partial charge in [0.25, 0.3) is 0 Å². The molecule has 1 aromatic carbocycles. The first kappa shape index (κ1) is 12.8. The van der Waals surface area contributed by atoms with Gasteiger partial charge in [-0.3, -0.25) is 4.40 Å². The second-order valence-corrected chi connectivity index (χ2v) is 4.93. The van der Waals surface area contributed by atoms with Gasteiger partial charge in [-0.05, 0) is 30.5 Å². The van der Waals surface area contributed by atoms with Crippen molar-refractivity contribution < 1.29 is 0 Å². The molecule has 0 aliphatic carbocycles. The monoisotopic (exact) mass is 266 g/mol. The number of rotatable bonds is 5. The normalized spacial score (nSPS) is 11.1. The summed E-state index contributed by atoms with van der Waals surface area (Å²) in [6.45, 7) is 0.616. The molecule has 3 rings (SSSR count). The molecule has 0 radical (unpaired) electrons. The lowest BCUT2D eigenvalue weighted by Gasteiger charge is -2.02. The Kier molecular flexibility index (Phi) is 3.74. The summed E-state index contributed by atoms with van der Waals surface area (Å²) in [6, 6.07) is 10.5. The van der Waals surface area contributed by atoms with Crippen molar-refractivity contribution in [2.45, 2.75) is 19.3 Å². The smallest absolute Gasteiger partial charge is 0.233 e. The minimum absolute atomic E-state index is 0.616. The van der Waals surface area contributed by atoms with Crippen LogP contribution in [0, 0.1) is 0 Å². The SMILES string of the molecule is NCCc1cn2cc(CCc3ccccc3)cnc2n1. The van der Waals surface area contributed by atoms with Crippen LogP contribution in [0.4, 0.5) is 0 Å². The number of nitrogens with zero attached hydrogens (tertiary/aromatic N) is 3. The maximum atomic E-state index is 5.55. The standard InChI is InChI=1S/C16H18N4/c17-9-8-15-12-20-11-14(10-18-16(20)19-15)7-6-13-4-2-1-3-5-13/h1-5,10-12H,6-9,17H2. The molecule has 0 fully saturated rings. The van der Waals surface area contributed by atoms with Gasteiger partial charge in [0.1, 0.15) is 0 Å². The lowest BCUT2D eigenvalue weighted by molar-refractivity contribution is 0.925. The van der Waals surface area contributed by atoms with E-state index in [9.17, 15) is 0 Å². The zero-order valence-corrected chi connectivity index (χ0v) is 11.4. The summed E-state index contributed by atoms with van der Waals surface area (Å²) >= 11 is 0. The Hall–Kier alpha value is -2.20. The molecule has 2 aromatic heterocycles. The molecule has 102 valence electrons. The first-order valence-corrected chi connectivity index (χ1v) is 6.91. The van der Waals surface area contributed by atoms with Crippen LogP contribution in [0.25, 0.3) is 5.78 Å². The minimum atomic E-state index is 0.616. The third-order valence-electron chi connectivity index (χ3n) is 3.36. The lowest BCUT2D eigenvalue weighted by atomic mass is 10.1. The van der Waals surface area contributed by atoms with Crippen LogP contribution in [-0.2, 0) is 19.3 Å². The van der Waals surface area contributed by atoms with Gasteiger partial charge in [-0.15, -0.1) is 0 Å². The van der Waals surface area contributed by atoms with Crippen LogP contribution < -0.4 is 5.73 Å². The highest BCUT2D eigenvalue weighted by molar-refractivity contribution is 5.32. The van der Waals surface area contributed by atoms with Gasteiger partial charge in [0, 0.05) is 25.0 Å². The molecule has 4 heteroatoms. The van der Waals surface area contributed by atoms with E-state index in [2.05, 4.69) is 40.4 Å². The Balaban J connectivity index is 1.75. The zero-order chi connectivity index (χ0) is 13.8. The zero-order valence-electron chi connectivity index (χ0n) is 11.4. The van der Waals surface area contributed by atoms with Crippen molar-refractivity contribution >= 4 is 5.78 Å². The first-order valence-electron chi connectivity index (χ1n) is 6.91. The van der Waals surface area contributed by atoms with Gasteiger partial charge < -0.3 is 5.73 Å². The van der Waals surface area contributed by atoms with Crippen molar-refractivity contribution in [2.75, 3.05) is 6.54 Å². The number of benzene rings is 1. The second-order valence-electron chi connectivity index (χ2n) is 4.93. The summed E-state index contributed by atoms with van der Waals surface area (Å²) in [5.41, 5.74) is 9.12. The molecule has 0 spiro atoms. The third kappa shape index (κ3) is 2.86. The van der Waals surface area contributed by atoms with Crippen LogP contribution in [0.3, 0.4) is 0 Å². The quantitative estimate of drug-likeness (QED) is 0.768. The Morgan fingerprint density at radius 3 is 2.55 bits per heavy atom. The lowest BCUT2D eigenvalue weighted by Crippen LogP contribution is -2.02. The molecular weight excluding hydrogens is 248 g/mol.